The molecule has 1 heterocycles. The maximum absolute atomic E-state index is 12.8. The molecule has 2 aromatic carbocycles. The maximum Gasteiger partial charge on any atom is 0.231 e. The number of hydrogen-bond acceptors (Lipinski definition) is 6. The molecule has 0 saturated heterocycles. The first kappa shape index (κ1) is 24.7. The Balaban J connectivity index is 1.30. The molecule has 0 N–H and O–H groups in total. The van der Waals surface area contributed by atoms with E-state index in [1.54, 1.807) is 33.3 Å². The molecule has 4 rings (SSSR count). The van der Waals surface area contributed by atoms with Gasteiger partial charge in [0.25, 0.3) is 0 Å². The molecule has 0 unspecified atom stereocenters. The van der Waals surface area contributed by atoms with E-state index in [4.69, 9.17) is 18.9 Å². The average molecular weight is 479 g/mol. The van der Waals surface area contributed by atoms with Gasteiger partial charge < -0.3 is 28.7 Å². The molecule has 0 saturated carbocycles. The lowest BCUT2D eigenvalue weighted by molar-refractivity contribution is -0.127. The fraction of sp³-hybridized carbons (Fsp3) is 0.393. The molecule has 7 nitrogen and oxygen atoms in total. The van der Waals surface area contributed by atoms with Crippen LogP contribution >= 0.6 is 0 Å². The maximum atomic E-state index is 12.8. The first-order valence-corrected chi connectivity index (χ1v) is 11.8. The third-order valence-corrected chi connectivity index (χ3v) is 6.71. The van der Waals surface area contributed by atoms with Gasteiger partial charge in [0.1, 0.15) is 0 Å². The Kier molecular flexibility index (Phi) is 7.66. The number of hydrogen-bond donors (Lipinski definition) is 0. The molecule has 0 aromatic heterocycles. The van der Waals surface area contributed by atoms with E-state index >= 15 is 0 Å². The smallest absolute Gasteiger partial charge is 0.231 e. The SMILES string of the molecule is COc1cc2c(cc1OC)CC(=O)N(C/C=C/CN(C)C[C@H]1Cc3cc(OC)c(OC)cc31)C=C2. The second-order valence-electron chi connectivity index (χ2n) is 8.94. The van der Waals surface area contributed by atoms with Crippen molar-refractivity contribution < 1.29 is 23.7 Å². The number of rotatable bonds is 10. The summed E-state index contributed by atoms with van der Waals surface area (Å²) in [4.78, 5) is 16.9. The fourth-order valence-corrected chi connectivity index (χ4v) is 4.72. The molecule has 7 heteroatoms. The minimum absolute atomic E-state index is 0.0562. The number of benzene rings is 2. The lowest BCUT2D eigenvalue weighted by Crippen LogP contribution is -2.31. The van der Waals surface area contributed by atoms with Gasteiger partial charge in [0.2, 0.25) is 5.91 Å². The van der Waals surface area contributed by atoms with Crippen LogP contribution in [0.3, 0.4) is 0 Å². The number of carbonyl (C=O) groups is 1. The number of amides is 1. The number of carbonyl (C=O) groups excluding carboxylic acids is 1. The molecular formula is C28H34N2O5. The van der Waals surface area contributed by atoms with Crippen LogP contribution < -0.4 is 18.9 Å². The summed E-state index contributed by atoms with van der Waals surface area (Å²) >= 11 is 0. The third kappa shape index (κ3) is 5.30. The summed E-state index contributed by atoms with van der Waals surface area (Å²) < 4.78 is 21.6. The van der Waals surface area contributed by atoms with Crippen molar-refractivity contribution in [3.8, 4) is 23.0 Å². The van der Waals surface area contributed by atoms with Crippen molar-refractivity contribution in [1.29, 1.82) is 0 Å². The van der Waals surface area contributed by atoms with Crippen LogP contribution in [0.2, 0.25) is 0 Å². The van der Waals surface area contributed by atoms with E-state index in [9.17, 15) is 4.79 Å². The highest BCUT2D eigenvalue weighted by Crippen LogP contribution is 2.42. The van der Waals surface area contributed by atoms with Crippen molar-refractivity contribution in [3.05, 3.63) is 64.9 Å². The molecule has 35 heavy (non-hydrogen) atoms. The number of ether oxygens (including phenoxy) is 4. The van der Waals surface area contributed by atoms with Gasteiger partial charge in [-0.1, -0.05) is 12.2 Å². The van der Waals surface area contributed by atoms with Crippen molar-refractivity contribution in [2.24, 2.45) is 0 Å². The second-order valence-corrected chi connectivity index (χ2v) is 8.94. The van der Waals surface area contributed by atoms with E-state index in [2.05, 4.69) is 36.2 Å². The predicted octanol–water partition coefficient (Wildman–Crippen LogP) is 3.90. The first-order valence-electron chi connectivity index (χ1n) is 11.8. The number of methoxy groups -OCH3 is 4. The highest BCUT2D eigenvalue weighted by molar-refractivity contribution is 5.84. The van der Waals surface area contributed by atoms with Gasteiger partial charge in [-0.05, 0) is 66.1 Å². The van der Waals surface area contributed by atoms with Crippen LogP contribution in [0.25, 0.3) is 6.08 Å². The van der Waals surface area contributed by atoms with E-state index in [0.717, 1.165) is 42.1 Å². The van der Waals surface area contributed by atoms with Gasteiger partial charge in [-0.3, -0.25) is 4.79 Å². The number of nitrogens with zero attached hydrogens (tertiary/aromatic N) is 2. The predicted molar refractivity (Wildman–Crippen MR) is 137 cm³/mol. The molecule has 2 aliphatic rings. The summed E-state index contributed by atoms with van der Waals surface area (Å²) in [6.45, 7) is 2.32. The second kappa shape index (κ2) is 10.9. The largest absolute Gasteiger partial charge is 0.493 e. The molecule has 0 spiro atoms. The Labute approximate surface area is 207 Å². The highest BCUT2D eigenvalue weighted by Gasteiger charge is 2.29. The Hall–Kier alpha value is -3.45. The monoisotopic (exact) mass is 478 g/mol. The summed E-state index contributed by atoms with van der Waals surface area (Å²) in [5.74, 6) is 3.42. The van der Waals surface area contributed by atoms with Crippen molar-refractivity contribution in [1.82, 2.24) is 9.80 Å². The fourth-order valence-electron chi connectivity index (χ4n) is 4.72. The normalized spacial score (nSPS) is 16.6. The van der Waals surface area contributed by atoms with Gasteiger partial charge in [0, 0.05) is 31.8 Å². The zero-order valence-corrected chi connectivity index (χ0v) is 21.2. The minimum Gasteiger partial charge on any atom is -0.493 e. The van der Waals surface area contributed by atoms with Crippen molar-refractivity contribution in [3.63, 3.8) is 0 Å². The standard InChI is InChI=1S/C28H34N2O5/c1-29(18-22-12-21-15-26(34-4)27(35-5)17-23(21)22)9-6-7-10-30-11-8-19-13-24(32-2)25(33-3)14-20(19)16-28(30)31/h6-8,11,13-15,17,22H,9-10,12,16,18H2,1-5H3/b7-6+/t22-/m1/s1. The van der Waals surface area contributed by atoms with Crippen LogP contribution in [0.15, 0.2) is 42.6 Å². The summed E-state index contributed by atoms with van der Waals surface area (Å²) in [5, 5.41) is 0. The Morgan fingerprint density at radius 3 is 2.23 bits per heavy atom. The molecule has 1 amide bonds. The average Bonchev–Trinajstić information content (AvgIpc) is 3.01. The van der Waals surface area contributed by atoms with Crippen LogP contribution in [0, 0.1) is 0 Å². The summed E-state index contributed by atoms with van der Waals surface area (Å²) in [6, 6.07) is 7.98. The van der Waals surface area contributed by atoms with Crippen LogP contribution in [0.4, 0.5) is 0 Å². The molecule has 2 aromatic rings. The van der Waals surface area contributed by atoms with Crippen molar-refractivity contribution in [2.75, 3.05) is 55.1 Å². The lowest BCUT2D eigenvalue weighted by atomic mass is 9.77. The molecule has 0 fully saturated rings. The van der Waals surface area contributed by atoms with Gasteiger partial charge in [-0.15, -0.1) is 0 Å². The number of fused-ring (bicyclic) bond motifs is 2. The quantitative estimate of drug-likeness (QED) is 0.483. The minimum atomic E-state index is 0.0562. The summed E-state index contributed by atoms with van der Waals surface area (Å²) in [7, 11) is 8.68. The Bertz CT molecular complexity index is 1140. The van der Waals surface area contributed by atoms with Crippen LogP contribution in [0.5, 0.6) is 23.0 Å². The van der Waals surface area contributed by atoms with Gasteiger partial charge in [0.05, 0.1) is 34.9 Å². The van der Waals surface area contributed by atoms with Crippen molar-refractivity contribution in [2.45, 2.75) is 18.8 Å². The van der Waals surface area contributed by atoms with Crippen molar-refractivity contribution >= 4 is 12.0 Å². The molecule has 0 bridgehead atoms. The molecule has 1 aliphatic heterocycles. The van der Waals surface area contributed by atoms with E-state index < -0.39 is 0 Å². The van der Waals surface area contributed by atoms with Crippen LogP contribution in [0.1, 0.15) is 28.2 Å². The highest BCUT2D eigenvalue weighted by atomic mass is 16.5. The van der Waals surface area contributed by atoms with Crippen LogP contribution in [-0.4, -0.2) is 70.8 Å². The molecule has 186 valence electrons. The van der Waals surface area contributed by atoms with Gasteiger partial charge in [0.15, 0.2) is 23.0 Å². The topological polar surface area (TPSA) is 60.5 Å². The third-order valence-electron chi connectivity index (χ3n) is 6.71. The number of likely N-dealkylation sites (N-methyl/N-ethyl adjacent to an activating group) is 1. The molecule has 1 aliphatic carbocycles. The van der Waals surface area contributed by atoms with Crippen LogP contribution in [-0.2, 0) is 17.6 Å². The van der Waals surface area contributed by atoms with Gasteiger partial charge in [-0.2, -0.15) is 0 Å². The van der Waals surface area contributed by atoms with E-state index in [0.29, 0.717) is 30.4 Å². The summed E-state index contributed by atoms with van der Waals surface area (Å²) in [6.07, 6.45) is 9.36. The van der Waals surface area contributed by atoms with Gasteiger partial charge >= 0.3 is 0 Å². The molecule has 1 atom stereocenters. The molecular weight excluding hydrogens is 444 g/mol. The van der Waals surface area contributed by atoms with E-state index in [1.807, 2.05) is 24.4 Å². The first-order chi connectivity index (χ1) is 17.0. The lowest BCUT2D eigenvalue weighted by Gasteiger charge is -2.34. The Morgan fingerprint density at radius 2 is 1.54 bits per heavy atom. The van der Waals surface area contributed by atoms with E-state index in [-0.39, 0.29) is 5.91 Å². The zero-order valence-electron chi connectivity index (χ0n) is 21.2. The Morgan fingerprint density at radius 1 is 0.914 bits per heavy atom. The van der Waals surface area contributed by atoms with E-state index in [1.165, 1.54) is 11.1 Å². The zero-order chi connectivity index (χ0) is 24.9. The molecule has 0 radical (unpaired) electrons. The summed E-state index contributed by atoms with van der Waals surface area (Å²) in [5.41, 5.74) is 4.58. The van der Waals surface area contributed by atoms with Gasteiger partial charge in [-0.25, -0.2) is 0 Å².